The first-order chi connectivity index (χ1) is 45.2. The smallest absolute Gasteiger partial charge is 0.326 e. The maximum atomic E-state index is 17.2. The summed E-state index contributed by atoms with van der Waals surface area (Å²) in [5, 5.41) is 99.8. The fraction of sp³-hybridized carbons (Fsp3) is 0.650. The third-order valence-corrected chi connectivity index (χ3v) is 20.9. The van der Waals surface area contributed by atoms with Crippen LogP contribution in [-0.4, -0.2) is 271 Å². The monoisotopic (exact) mass is 1400 g/mol. The zero-order valence-electron chi connectivity index (χ0n) is 55.3. The molecule has 97 heavy (non-hydrogen) atoms. The number of unbranched alkanes of at least 4 members (excludes halogenated alkanes) is 1. The van der Waals surface area contributed by atoms with Gasteiger partial charge in [0.15, 0.2) is 0 Å². The van der Waals surface area contributed by atoms with E-state index in [0.717, 1.165) is 0 Å². The zero-order valence-corrected chi connectivity index (χ0v) is 56.3. The molecule has 1 heterocycles. The third kappa shape index (κ3) is 32.1. The van der Waals surface area contributed by atoms with Crippen LogP contribution in [0.4, 0.5) is 8.90 Å². The summed E-state index contributed by atoms with van der Waals surface area (Å²) >= 11 is 0. The second-order valence-corrected chi connectivity index (χ2v) is 30.2. The van der Waals surface area contributed by atoms with Crippen LogP contribution < -0.4 is 63.0 Å². The van der Waals surface area contributed by atoms with Crippen molar-refractivity contribution in [2.45, 2.75) is 152 Å². The second kappa shape index (κ2) is 41.2. The van der Waals surface area contributed by atoms with Crippen molar-refractivity contribution in [3.05, 3.63) is 29.8 Å². The number of hydrogen-bond donors (Lipinski definition) is 13. The van der Waals surface area contributed by atoms with Crippen LogP contribution in [0.5, 0.6) is 0 Å². The summed E-state index contributed by atoms with van der Waals surface area (Å²) in [4.78, 5) is 191. The number of amides is 8. The van der Waals surface area contributed by atoms with E-state index >= 15 is 4.11 Å². The number of carboxylic acids is 8. The van der Waals surface area contributed by atoms with Gasteiger partial charge in [0.05, 0.1) is 24.5 Å². The predicted octanol–water partition coefficient (Wildman–Crippen LogP) is -5.95. The molecular formula is C60H92FN12O23Si-3. The lowest BCUT2D eigenvalue weighted by molar-refractivity contribution is -0.308. The van der Waals surface area contributed by atoms with Crippen LogP contribution in [0.2, 0.25) is 10.1 Å². The molecule has 0 aliphatic carbocycles. The number of nitrogens with one attached hydrogen (secondary N) is 8. The van der Waals surface area contributed by atoms with E-state index in [9.17, 15) is 108 Å². The number of carbonyl (C=O) groups is 15. The molecule has 37 heteroatoms. The highest BCUT2D eigenvalue weighted by molar-refractivity contribution is 6.90. The lowest BCUT2D eigenvalue weighted by atomic mass is 10.1. The maximum Gasteiger partial charge on any atom is 0.326 e. The summed E-state index contributed by atoms with van der Waals surface area (Å²) in [7, 11) is -3.79. The minimum atomic E-state index is -3.79. The van der Waals surface area contributed by atoms with Crippen molar-refractivity contribution in [2.75, 3.05) is 98.2 Å². The van der Waals surface area contributed by atoms with Gasteiger partial charge in [0.1, 0.15) is 30.2 Å². The molecule has 1 aliphatic heterocycles. The van der Waals surface area contributed by atoms with Gasteiger partial charge in [0.2, 0.25) is 29.5 Å². The van der Waals surface area contributed by atoms with Gasteiger partial charge in [-0.1, -0.05) is 53.7 Å². The molecular weight excluding hydrogens is 1300 g/mol. The van der Waals surface area contributed by atoms with Gasteiger partial charge in [-0.15, -0.1) is 0 Å². The molecule has 0 radical (unpaired) electrons. The molecule has 0 spiro atoms. The minimum absolute atomic E-state index is 0.000188. The normalized spacial score (nSPS) is 15.5. The zero-order chi connectivity index (χ0) is 73.4. The highest BCUT2D eigenvalue weighted by Gasteiger charge is 2.56. The van der Waals surface area contributed by atoms with E-state index in [0.29, 0.717) is 5.19 Å². The molecule has 13 N–H and O–H groups in total. The topological polar surface area (TPSA) is 536 Å². The summed E-state index contributed by atoms with van der Waals surface area (Å²) in [5.74, 6) is -16.5. The van der Waals surface area contributed by atoms with Gasteiger partial charge in [-0.25, -0.2) is 24.0 Å². The molecule has 0 saturated carbocycles. The highest BCUT2D eigenvalue weighted by atomic mass is 28.4. The Morgan fingerprint density at radius 1 is 0.443 bits per heavy atom. The van der Waals surface area contributed by atoms with Crippen molar-refractivity contribution in [1.29, 1.82) is 0 Å². The first-order valence-corrected chi connectivity index (χ1v) is 33.3. The number of benzene rings is 1. The quantitative estimate of drug-likeness (QED) is 0.0165. The second-order valence-electron chi connectivity index (χ2n) is 25.4. The van der Waals surface area contributed by atoms with Gasteiger partial charge in [-0.2, -0.15) is 0 Å². The largest absolute Gasteiger partial charge is 0.549 e. The van der Waals surface area contributed by atoms with Crippen molar-refractivity contribution in [2.24, 2.45) is 0 Å². The van der Waals surface area contributed by atoms with E-state index in [4.69, 9.17) is 5.11 Å². The maximum absolute atomic E-state index is 17.2. The Hall–Kier alpha value is -8.94. The van der Waals surface area contributed by atoms with Crippen LogP contribution >= 0.6 is 0 Å². The van der Waals surface area contributed by atoms with Gasteiger partial charge < -0.3 is 102 Å². The van der Waals surface area contributed by atoms with E-state index in [2.05, 4.69) is 31.9 Å². The van der Waals surface area contributed by atoms with E-state index in [1.165, 1.54) is 39.0 Å². The Bertz CT molecular complexity index is 2870. The lowest BCUT2D eigenvalue weighted by Gasteiger charge is -2.44. The van der Waals surface area contributed by atoms with E-state index in [1.54, 1.807) is 46.4 Å². The van der Waals surface area contributed by atoms with Crippen LogP contribution in [-0.2, 0) is 62.3 Å². The van der Waals surface area contributed by atoms with Crippen molar-refractivity contribution >= 4 is 103 Å². The Balaban J connectivity index is 2.09. The molecule has 0 bridgehead atoms. The number of carboxylic acid groups (broad SMARTS) is 8. The summed E-state index contributed by atoms with van der Waals surface area (Å²) in [6, 6.07) is -3.64. The first kappa shape index (κ1) is 84.1. The van der Waals surface area contributed by atoms with E-state index in [1.807, 2.05) is 10.6 Å². The number of halogens is 1. The number of aliphatic carboxylic acids is 8. The summed E-state index contributed by atoms with van der Waals surface area (Å²) < 4.78 is 17.2. The standard InChI is InChI=1S/C60H95FN12O23Si/c1-59(2,3)97(61,60(4,5)6)38-14-12-37(13-15-38)52(86)67-43(32-64-47(77)33-70-24-26-71(34-49(80)81)28-30-73(36-51(84)85)31-29-72(27-25-70)35-50(82)83)53(87)66-40(55(90)91)10-7-8-22-62-44(74)19-20-45(75)63-23-9-11-39(54(88)89)65-46(76)18-16-41(56(92)93)68-58(96)69-42(57(94)95)17-21-48(78)79/h12-15,39-43H,7-11,16-36H2,1-6H3,(H,62,74)(H,63,75)(H,64,77)(H,65,76)(H,66,87)(H,67,86)(H,78,79)(H,80,81)(H,82,83)(H,84,85)(H,88,89)(H,90,91)(H,92,93)(H,94,95)(H2,68,69,96)/p-3/t39-,40+,41-,42-,43+/m0/s1. The van der Waals surface area contributed by atoms with Gasteiger partial charge in [-0.05, 0) is 72.3 Å². The number of nitrogens with zero attached hydrogens (tertiary/aromatic N) is 4. The van der Waals surface area contributed by atoms with Gasteiger partial charge in [-0.3, -0.25) is 53.2 Å². The first-order valence-electron chi connectivity index (χ1n) is 31.4. The summed E-state index contributed by atoms with van der Waals surface area (Å²) in [5.41, 5.74) is -0.00875. The van der Waals surface area contributed by atoms with Crippen LogP contribution in [0.15, 0.2) is 24.3 Å². The Kier molecular flexibility index (Phi) is 35.8. The summed E-state index contributed by atoms with van der Waals surface area (Å²) in [6.07, 6.45) is -3.05. The highest BCUT2D eigenvalue weighted by Crippen LogP contribution is 2.51. The molecule has 1 saturated heterocycles. The predicted molar refractivity (Wildman–Crippen MR) is 336 cm³/mol. The number of hydrogen-bond acceptors (Lipinski definition) is 22. The molecule has 1 aromatic carbocycles. The minimum Gasteiger partial charge on any atom is -0.549 e. The van der Waals surface area contributed by atoms with Crippen LogP contribution in [0.1, 0.15) is 123 Å². The van der Waals surface area contributed by atoms with E-state index in [-0.39, 0.29) is 116 Å². The molecule has 5 atom stereocenters. The Morgan fingerprint density at radius 3 is 1.23 bits per heavy atom. The van der Waals surface area contributed by atoms with E-state index < -0.39 is 196 Å². The van der Waals surface area contributed by atoms with Gasteiger partial charge in [0.25, 0.3) is 14.3 Å². The Morgan fingerprint density at radius 2 is 0.825 bits per heavy atom. The van der Waals surface area contributed by atoms with Gasteiger partial charge in [0, 0.05) is 123 Å². The van der Waals surface area contributed by atoms with Crippen molar-refractivity contribution in [3.8, 4) is 0 Å². The molecule has 1 fully saturated rings. The van der Waals surface area contributed by atoms with Crippen LogP contribution in [0.3, 0.4) is 0 Å². The van der Waals surface area contributed by atoms with Crippen LogP contribution in [0.25, 0.3) is 0 Å². The van der Waals surface area contributed by atoms with Crippen molar-refractivity contribution in [1.82, 2.24) is 62.1 Å². The average Bonchev–Trinajstić information content (AvgIpc) is 0.749. The fourth-order valence-electron chi connectivity index (χ4n) is 10.6. The summed E-state index contributed by atoms with van der Waals surface area (Å²) in [6.45, 7) is 8.26. The van der Waals surface area contributed by atoms with Crippen molar-refractivity contribution < 1.29 is 117 Å². The number of rotatable bonds is 40. The molecule has 1 aliphatic rings. The number of urea groups is 1. The molecule has 544 valence electrons. The van der Waals surface area contributed by atoms with Crippen LogP contribution in [0, 0.1) is 0 Å². The van der Waals surface area contributed by atoms with Crippen molar-refractivity contribution in [3.63, 3.8) is 0 Å². The Labute approximate surface area is 560 Å². The molecule has 2 rings (SSSR count). The molecule has 35 nitrogen and oxygen atoms in total. The molecule has 0 aromatic heterocycles. The third-order valence-electron chi connectivity index (χ3n) is 15.7. The number of carbonyl (C=O) groups excluding carboxylic acids is 10. The average molecular weight is 1400 g/mol. The lowest BCUT2D eigenvalue weighted by Crippen LogP contribution is -2.58. The molecule has 8 amide bonds. The SMILES string of the molecule is CC(C)(C)[Si](F)(c1ccc(C(=O)N[C@H](CNC(=O)CN2CCN(CC(=O)[O-])CCN(CC(=O)[O-])CCN(CC(=O)[O-])CC2)C(=O)N[C@H](CCCCNC(=O)CCC(=O)NCCC[C@H](NC(=O)CC[C@H](NC(=O)N[C@@H](CCC(=O)O)C(=O)O)C(=O)O)C(=O)O)C(=O)O)cc1)C(C)(C)C. The molecule has 0 unspecified atom stereocenters. The molecule has 1 aromatic rings. The fourth-order valence-corrected chi connectivity index (χ4v) is 15.2. The van der Waals surface area contributed by atoms with Gasteiger partial charge >= 0.3 is 35.9 Å².